The number of carbonyl (C=O) groups is 2. The van der Waals surface area contributed by atoms with Crippen molar-refractivity contribution >= 4 is 35.1 Å². The van der Waals surface area contributed by atoms with E-state index in [0.29, 0.717) is 18.4 Å². The van der Waals surface area contributed by atoms with Crippen LogP contribution in [0.25, 0.3) is 0 Å². The standard InChI is InChI=1S/C19H31N3O4S2/c1-13(2)8-9-22(15-6-4-14(5-7-15)11-26-3)19(25)21-17(18(23)24)28-16-10-20-12-27-16/h10,12-15,17H,4-9,11H2,1-3H3,(H,21,25)(H,23,24)/t14-,15-,17?. The number of ether oxygens (including phenoxy) is 1. The number of carbonyl (C=O) groups excluding carboxylic acids is 1. The maximum absolute atomic E-state index is 13.0. The van der Waals surface area contributed by atoms with E-state index >= 15 is 0 Å². The SMILES string of the molecule is COC[C@H]1CC[C@H](N(CCC(C)C)C(=O)NC(Sc2cncs2)C(=O)O)CC1. The van der Waals surface area contributed by atoms with E-state index in [1.165, 1.54) is 11.3 Å². The molecule has 158 valence electrons. The highest BCUT2D eigenvalue weighted by Crippen LogP contribution is 2.29. The summed E-state index contributed by atoms with van der Waals surface area (Å²) in [4.78, 5) is 30.5. The van der Waals surface area contributed by atoms with Crippen molar-refractivity contribution in [2.75, 3.05) is 20.3 Å². The van der Waals surface area contributed by atoms with Crippen molar-refractivity contribution in [3.8, 4) is 0 Å². The van der Waals surface area contributed by atoms with Gasteiger partial charge in [-0.25, -0.2) is 9.59 Å². The number of amides is 2. The number of thiazole rings is 1. The lowest BCUT2D eigenvalue weighted by atomic mass is 9.85. The van der Waals surface area contributed by atoms with Crippen LogP contribution in [0, 0.1) is 11.8 Å². The second-order valence-corrected chi connectivity index (χ2v) is 9.90. The molecule has 0 saturated heterocycles. The number of nitrogens with one attached hydrogen (secondary N) is 1. The van der Waals surface area contributed by atoms with Gasteiger partial charge in [0.25, 0.3) is 0 Å². The maximum Gasteiger partial charge on any atom is 0.337 e. The number of methoxy groups -OCH3 is 1. The van der Waals surface area contributed by atoms with Crippen LogP contribution in [0.15, 0.2) is 15.9 Å². The van der Waals surface area contributed by atoms with Gasteiger partial charge in [-0.15, -0.1) is 11.3 Å². The average molecular weight is 430 g/mol. The van der Waals surface area contributed by atoms with Crippen LogP contribution >= 0.6 is 23.1 Å². The van der Waals surface area contributed by atoms with Gasteiger partial charge in [-0.2, -0.15) is 0 Å². The summed E-state index contributed by atoms with van der Waals surface area (Å²) < 4.78 is 6.03. The van der Waals surface area contributed by atoms with Crippen LogP contribution in [0.5, 0.6) is 0 Å². The number of aromatic nitrogens is 1. The molecule has 1 aromatic rings. The Morgan fingerprint density at radius 1 is 1.39 bits per heavy atom. The Morgan fingerprint density at radius 3 is 2.64 bits per heavy atom. The summed E-state index contributed by atoms with van der Waals surface area (Å²) in [5.74, 6) is -0.0359. The zero-order valence-electron chi connectivity index (χ0n) is 16.8. The van der Waals surface area contributed by atoms with E-state index in [-0.39, 0.29) is 12.1 Å². The number of carboxylic acids is 1. The van der Waals surface area contributed by atoms with Crippen molar-refractivity contribution in [2.24, 2.45) is 11.8 Å². The minimum Gasteiger partial charge on any atom is -0.479 e. The fourth-order valence-corrected chi connectivity index (χ4v) is 5.02. The Bertz CT molecular complexity index is 604. The van der Waals surface area contributed by atoms with E-state index in [2.05, 4.69) is 24.1 Å². The summed E-state index contributed by atoms with van der Waals surface area (Å²) in [6.45, 7) is 5.66. The smallest absolute Gasteiger partial charge is 0.337 e. The van der Waals surface area contributed by atoms with Crippen LogP contribution in [0.1, 0.15) is 46.0 Å². The average Bonchev–Trinajstić information content (AvgIpc) is 3.15. The zero-order valence-corrected chi connectivity index (χ0v) is 18.4. The summed E-state index contributed by atoms with van der Waals surface area (Å²) in [6.07, 6.45) is 6.43. The second kappa shape index (κ2) is 11.6. The molecular formula is C19H31N3O4S2. The van der Waals surface area contributed by atoms with Gasteiger partial charge in [0, 0.05) is 26.3 Å². The Hall–Kier alpha value is -1.32. The number of hydrogen-bond donors (Lipinski definition) is 2. The first kappa shape index (κ1) is 23.0. The van der Waals surface area contributed by atoms with Crippen molar-refractivity contribution in [1.82, 2.24) is 15.2 Å². The molecule has 7 nitrogen and oxygen atoms in total. The third-order valence-corrected chi connectivity index (χ3v) is 7.03. The molecule has 1 heterocycles. The van der Waals surface area contributed by atoms with Gasteiger partial charge >= 0.3 is 12.0 Å². The van der Waals surface area contributed by atoms with Crippen LogP contribution < -0.4 is 5.32 Å². The van der Waals surface area contributed by atoms with Crippen molar-refractivity contribution < 1.29 is 19.4 Å². The number of urea groups is 1. The monoisotopic (exact) mass is 429 g/mol. The predicted octanol–water partition coefficient (Wildman–Crippen LogP) is 3.91. The molecule has 2 amide bonds. The zero-order chi connectivity index (χ0) is 20.5. The Morgan fingerprint density at radius 2 is 2.11 bits per heavy atom. The van der Waals surface area contributed by atoms with Gasteiger partial charge in [0.2, 0.25) is 0 Å². The van der Waals surface area contributed by atoms with Crippen molar-refractivity contribution in [3.63, 3.8) is 0 Å². The van der Waals surface area contributed by atoms with E-state index in [1.807, 2.05) is 4.90 Å². The highest BCUT2D eigenvalue weighted by molar-refractivity contribution is 8.02. The number of nitrogens with zero attached hydrogens (tertiary/aromatic N) is 2. The van der Waals surface area contributed by atoms with E-state index in [9.17, 15) is 14.7 Å². The highest BCUT2D eigenvalue weighted by Gasteiger charge is 2.31. The number of rotatable bonds is 10. The van der Waals surface area contributed by atoms with Gasteiger partial charge in [0.1, 0.15) is 0 Å². The van der Waals surface area contributed by atoms with Gasteiger partial charge in [-0.05, 0) is 43.9 Å². The van der Waals surface area contributed by atoms with Crippen molar-refractivity contribution in [3.05, 3.63) is 11.7 Å². The van der Waals surface area contributed by atoms with Crippen LogP contribution in [0.4, 0.5) is 4.79 Å². The molecule has 0 spiro atoms. The third-order valence-electron chi connectivity index (χ3n) is 4.99. The molecule has 28 heavy (non-hydrogen) atoms. The molecule has 9 heteroatoms. The van der Waals surface area contributed by atoms with Crippen LogP contribution in [0.2, 0.25) is 0 Å². The van der Waals surface area contributed by atoms with Crippen LogP contribution in [0.3, 0.4) is 0 Å². The van der Waals surface area contributed by atoms with Crippen LogP contribution in [-0.2, 0) is 9.53 Å². The molecule has 1 aromatic heterocycles. The van der Waals surface area contributed by atoms with Gasteiger partial charge in [0.05, 0.1) is 15.9 Å². The lowest BCUT2D eigenvalue weighted by Crippen LogP contribution is -2.51. The third kappa shape index (κ3) is 7.25. The quantitative estimate of drug-likeness (QED) is 0.433. The fourth-order valence-electron chi connectivity index (χ4n) is 3.42. The molecule has 1 unspecified atom stereocenters. The predicted molar refractivity (Wildman–Crippen MR) is 112 cm³/mol. The Kier molecular flexibility index (Phi) is 9.53. The molecule has 1 atom stereocenters. The number of aliphatic carboxylic acids is 1. The first-order valence-electron chi connectivity index (χ1n) is 9.74. The Labute approximate surface area is 175 Å². The number of carboxylic acid groups (broad SMARTS) is 1. The molecule has 1 fully saturated rings. The summed E-state index contributed by atoms with van der Waals surface area (Å²) >= 11 is 2.47. The largest absolute Gasteiger partial charge is 0.479 e. The van der Waals surface area contributed by atoms with E-state index in [0.717, 1.165) is 54.7 Å². The Balaban J connectivity index is 2.02. The summed E-state index contributed by atoms with van der Waals surface area (Å²) in [7, 11) is 1.72. The van der Waals surface area contributed by atoms with Crippen molar-refractivity contribution in [1.29, 1.82) is 0 Å². The normalized spacial score (nSPS) is 20.7. The fraction of sp³-hybridized carbons (Fsp3) is 0.737. The molecular weight excluding hydrogens is 398 g/mol. The van der Waals surface area contributed by atoms with Gasteiger partial charge < -0.3 is 20.1 Å². The minimum absolute atomic E-state index is 0.148. The minimum atomic E-state index is -1.06. The lowest BCUT2D eigenvalue weighted by Gasteiger charge is -2.37. The highest BCUT2D eigenvalue weighted by atomic mass is 32.2. The summed E-state index contributed by atoms with van der Waals surface area (Å²) in [6, 6.07) is -0.144. The second-order valence-electron chi connectivity index (χ2n) is 7.61. The molecule has 0 aliphatic heterocycles. The maximum atomic E-state index is 13.0. The first-order chi connectivity index (χ1) is 13.4. The molecule has 1 aliphatic carbocycles. The summed E-state index contributed by atoms with van der Waals surface area (Å²) in [5, 5.41) is 11.2. The van der Waals surface area contributed by atoms with Crippen molar-refractivity contribution in [2.45, 2.75) is 61.6 Å². The molecule has 0 aromatic carbocycles. The van der Waals surface area contributed by atoms with Crippen LogP contribution in [-0.4, -0.2) is 58.7 Å². The van der Waals surface area contributed by atoms with E-state index in [4.69, 9.17) is 4.74 Å². The molecule has 1 saturated carbocycles. The number of thioether (sulfide) groups is 1. The van der Waals surface area contributed by atoms with Gasteiger partial charge in [0.15, 0.2) is 5.37 Å². The molecule has 0 radical (unpaired) electrons. The molecule has 2 rings (SSSR count). The van der Waals surface area contributed by atoms with Gasteiger partial charge in [-0.3, -0.25) is 4.98 Å². The summed E-state index contributed by atoms with van der Waals surface area (Å²) in [5.41, 5.74) is 1.65. The van der Waals surface area contributed by atoms with E-state index < -0.39 is 11.3 Å². The number of hydrogen-bond acceptors (Lipinski definition) is 6. The lowest BCUT2D eigenvalue weighted by molar-refractivity contribution is -0.136. The molecule has 0 bridgehead atoms. The van der Waals surface area contributed by atoms with E-state index in [1.54, 1.807) is 18.8 Å². The molecule has 2 N–H and O–H groups in total. The molecule has 1 aliphatic rings. The topological polar surface area (TPSA) is 91.8 Å². The van der Waals surface area contributed by atoms with Gasteiger partial charge in [-0.1, -0.05) is 25.6 Å². The first-order valence-corrected chi connectivity index (χ1v) is 11.5.